The molecule has 2 aromatic heterocycles. The van der Waals surface area contributed by atoms with Crippen molar-refractivity contribution in [3.63, 3.8) is 0 Å². The van der Waals surface area contributed by atoms with Gasteiger partial charge in [-0.25, -0.2) is 9.78 Å². The Morgan fingerprint density at radius 1 is 1.16 bits per heavy atom. The van der Waals surface area contributed by atoms with Gasteiger partial charge in [-0.05, 0) is 49.6 Å². The number of aromatic amines is 2. The quantitative estimate of drug-likeness (QED) is 0.519. The number of imidazole rings is 2. The number of nitrogens with zero attached hydrogens (tertiary/aromatic N) is 3. The zero-order valence-electron chi connectivity index (χ0n) is 17.4. The minimum atomic E-state index is -0.199. The summed E-state index contributed by atoms with van der Waals surface area (Å²) >= 11 is 0. The van der Waals surface area contributed by atoms with E-state index in [0.717, 1.165) is 41.6 Å². The summed E-state index contributed by atoms with van der Waals surface area (Å²) < 4.78 is 6.72. The highest BCUT2D eigenvalue weighted by Crippen LogP contribution is 2.32. The fraction of sp³-hybridized carbons (Fsp3) is 0.348. The number of ether oxygens (including phenoxy) is 1. The van der Waals surface area contributed by atoms with Crippen molar-refractivity contribution in [1.29, 1.82) is 0 Å². The van der Waals surface area contributed by atoms with Crippen molar-refractivity contribution in [2.24, 2.45) is 0 Å². The van der Waals surface area contributed by atoms with Gasteiger partial charge >= 0.3 is 5.69 Å². The molecule has 0 radical (unpaired) electrons. The summed E-state index contributed by atoms with van der Waals surface area (Å²) in [5, 5.41) is 0. The summed E-state index contributed by atoms with van der Waals surface area (Å²) in [4.78, 5) is 38.7. The van der Waals surface area contributed by atoms with E-state index in [1.165, 1.54) is 0 Å². The summed E-state index contributed by atoms with van der Waals surface area (Å²) in [7, 11) is 1.60. The third-order valence-electron chi connectivity index (χ3n) is 6.03. The lowest BCUT2D eigenvalue weighted by Crippen LogP contribution is -2.39. The van der Waals surface area contributed by atoms with Crippen molar-refractivity contribution in [2.75, 3.05) is 20.3 Å². The van der Waals surface area contributed by atoms with Crippen LogP contribution in [0.2, 0.25) is 0 Å². The molecule has 2 aromatic carbocycles. The molecule has 1 saturated heterocycles. The number of hydrogen-bond acceptors (Lipinski definition) is 4. The second kappa shape index (κ2) is 8.03. The van der Waals surface area contributed by atoms with Gasteiger partial charge in [-0.2, -0.15) is 0 Å². The summed E-state index contributed by atoms with van der Waals surface area (Å²) in [6.07, 6.45) is 2.90. The number of rotatable bonds is 5. The molecule has 1 fully saturated rings. The number of carbonyl (C=O) groups is 1. The van der Waals surface area contributed by atoms with E-state index in [-0.39, 0.29) is 17.6 Å². The molecule has 1 amide bonds. The van der Waals surface area contributed by atoms with E-state index >= 15 is 0 Å². The minimum absolute atomic E-state index is 0.0439. The second-order valence-electron chi connectivity index (χ2n) is 7.96. The van der Waals surface area contributed by atoms with Gasteiger partial charge in [0.05, 0.1) is 41.3 Å². The van der Waals surface area contributed by atoms with Gasteiger partial charge < -0.3 is 19.6 Å². The number of piperidine rings is 1. The number of methoxy groups -OCH3 is 1. The first-order valence-corrected chi connectivity index (χ1v) is 10.6. The Balaban J connectivity index is 1.47. The Morgan fingerprint density at radius 3 is 2.87 bits per heavy atom. The van der Waals surface area contributed by atoms with Gasteiger partial charge in [-0.1, -0.05) is 12.1 Å². The zero-order valence-corrected chi connectivity index (χ0v) is 17.4. The maximum atomic E-state index is 13.5. The molecule has 0 saturated carbocycles. The highest BCUT2D eigenvalue weighted by molar-refractivity contribution is 5.97. The number of likely N-dealkylation sites (tertiary alicyclic amines) is 1. The van der Waals surface area contributed by atoms with E-state index in [1.807, 2.05) is 35.2 Å². The largest absolute Gasteiger partial charge is 0.383 e. The van der Waals surface area contributed by atoms with Crippen LogP contribution >= 0.6 is 0 Å². The van der Waals surface area contributed by atoms with Crippen LogP contribution in [0.15, 0.2) is 47.3 Å². The van der Waals surface area contributed by atoms with Gasteiger partial charge in [0, 0.05) is 19.2 Å². The SMILES string of the molecule is COCCn1c(=O)[nH]c2cc(C(=O)N3CCCC[C@@H]3c3nc4ccccc4[nH]3)ccc21. The van der Waals surface area contributed by atoms with Gasteiger partial charge in [0.1, 0.15) is 5.82 Å². The van der Waals surface area contributed by atoms with Crippen molar-refractivity contribution >= 4 is 28.0 Å². The number of carbonyl (C=O) groups excluding carboxylic acids is 1. The topological polar surface area (TPSA) is 96.0 Å². The van der Waals surface area contributed by atoms with E-state index in [1.54, 1.807) is 23.8 Å². The van der Waals surface area contributed by atoms with Gasteiger partial charge in [0.2, 0.25) is 0 Å². The highest BCUT2D eigenvalue weighted by Gasteiger charge is 2.31. The molecule has 0 bridgehead atoms. The molecule has 160 valence electrons. The average Bonchev–Trinajstić information content (AvgIpc) is 3.37. The number of aromatic nitrogens is 4. The van der Waals surface area contributed by atoms with Crippen molar-refractivity contribution in [2.45, 2.75) is 31.8 Å². The molecular formula is C23H25N5O3. The lowest BCUT2D eigenvalue weighted by molar-refractivity contribution is 0.0601. The van der Waals surface area contributed by atoms with Crippen molar-refractivity contribution < 1.29 is 9.53 Å². The summed E-state index contributed by atoms with van der Waals surface area (Å²) in [6, 6.07) is 13.2. The third-order valence-corrected chi connectivity index (χ3v) is 6.03. The van der Waals surface area contributed by atoms with Crippen LogP contribution in [-0.4, -0.2) is 50.6 Å². The van der Waals surface area contributed by atoms with Crippen LogP contribution in [0, 0.1) is 0 Å². The predicted molar refractivity (Wildman–Crippen MR) is 118 cm³/mol. The first kappa shape index (κ1) is 19.6. The number of H-pyrrole nitrogens is 2. The van der Waals surface area contributed by atoms with Crippen molar-refractivity contribution in [1.82, 2.24) is 24.4 Å². The molecule has 5 rings (SSSR count). The van der Waals surface area contributed by atoms with Crippen molar-refractivity contribution in [3.05, 3.63) is 64.3 Å². The monoisotopic (exact) mass is 419 g/mol. The molecule has 31 heavy (non-hydrogen) atoms. The van der Waals surface area contributed by atoms with Gasteiger partial charge in [0.25, 0.3) is 5.91 Å². The number of amides is 1. The molecular weight excluding hydrogens is 394 g/mol. The minimum Gasteiger partial charge on any atom is -0.383 e. The fourth-order valence-electron chi connectivity index (χ4n) is 4.46. The van der Waals surface area contributed by atoms with E-state index in [2.05, 4.69) is 9.97 Å². The van der Waals surface area contributed by atoms with Crippen LogP contribution in [-0.2, 0) is 11.3 Å². The Labute approximate surface area is 178 Å². The van der Waals surface area contributed by atoms with E-state index in [0.29, 0.717) is 30.8 Å². The number of fused-ring (bicyclic) bond motifs is 2. The molecule has 4 aromatic rings. The van der Waals surface area contributed by atoms with Crippen LogP contribution < -0.4 is 5.69 Å². The summed E-state index contributed by atoms with van der Waals surface area (Å²) in [5.74, 6) is 0.784. The number of para-hydroxylation sites is 2. The fourth-order valence-corrected chi connectivity index (χ4v) is 4.46. The smallest absolute Gasteiger partial charge is 0.326 e. The molecule has 1 aliphatic heterocycles. The number of benzene rings is 2. The van der Waals surface area contributed by atoms with Crippen LogP contribution in [0.25, 0.3) is 22.1 Å². The van der Waals surface area contributed by atoms with Gasteiger partial charge in [-0.15, -0.1) is 0 Å². The molecule has 8 nitrogen and oxygen atoms in total. The third kappa shape index (κ3) is 3.53. The first-order valence-electron chi connectivity index (χ1n) is 10.6. The van der Waals surface area contributed by atoms with Gasteiger partial charge in [0.15, 0.2) is 0 Å². The molecule has 8 heteroatoms. The molecule has 3 heterocycles. The van der Waals surface area contributed by atoms with Crippen LogP contribution in [0.1, 0.15) is 41.5 Å². The van der Waals surface area contributed by atoms with Crippen LogP contribution in [0.5, 0.6) is 0 Å². The number of nitrogens with one attached hydrogen (secondary N) is 2. The molecule has 2 N–H and O–H groups in total. The summed E-state index contributed by atoms with van der Waals surface area (Å²) in [6.45, 7) is 1.59. The Morgan fingerprint density at radius 2 is 2.03 bits per heavy atom. The van der Waals surface area contributed by atoms with Gasteiger partial charge in [-0.3, -0.25) is 9.36 Å². The summed E-state index contributed by atoms with van der Waals surface area (Å²) in [5.41, 5.74) is 3.68. The first-order chi connectivity index (χ1) is 15.2. The standard InChI is InChI=1S/C23H25N5O3/c1-31-13-12-28-19-10-9-15(14-18(19)26-23(28)30)22(29)27-11-5-4-8-20(27)21-24-16-6-2-3-7-17(16)25-21/h2-3,6-7,9-10,14,20H,4-5,8,11-13H2,1H3,(H,24,25)(H,26,30)/t20-/m1/s1. The second-order valence-corrected chi connectivity index (χ2v) is 7.96. The molecule has 0 spiro atoms. The maximum Gasteiger partial charge on any atom is 0.326 e. The van der Waals surface area contributed by atoms with E-state index in [9.17, 15) is 9.59 Å². The maximum absolute atomic E-state index is 13.5. The molecule has 0 aliphatic carbocycles. The zero-order chi connectivity index (χ0) is 21.4. The van der Waals surface area contributed by atoms with Crippen LogP contribution in [0.3, 0.4) is 0 Å². The molecule has 0 unspecified atom stereocenters. The van der Waals surface area contributed by atoms with E-state index in [4.69, 9.17) is 9.72 Å². The predicted octanol–water partition coefficient (Wildman–Crippen LogP) is 3.22. The number of hydrogen-bond donors (Lipinski definition) is 2. The lowest BCUT2D eigenvalue weighted by atomic mass is 10.00. The Kier molecular flexibility index (Phi) is 5.07. The Hall–Kier alpha value is -3.39. The molecule has 1 atom stereocenters. The van der Waals surface area contributed by atoms with Crippen molar-refractivity contribution in [3.8, 4) is 0 Å². The molecule has 1 aliphatic rings. The average molecular weight is 419 g/mol. The Bertz CT molecular complexity index is 1270. The van der Waals surface area contributed by atoms with Crippen LogP contribution in [0.4, 0.5) is 0 Å². The lowest BCUT2D eigenvalue weighted by Gasteiger charge is -2.34. The van der Waals surface area contributed by atoms with E-state index < -0.39 is 0 Å². The normalized spacial score (nSPS) is 16.9. The highest BCUT2D eigenvalue weighted by atomic mass is 16.5.